The van der Waals surface area contributed by atoms with E-state index in [2.05, 4.69) is 51.6 Å². The van der Waals surface area contributed by atoms with Crippen LogP contribution in [0.25, 0.3) is 16.8 Å². The summed E-state index contributed by atoms with van der Waals surface area (Å²) in [5.41, 5.74) is 4.25. The molecule has 1 fully saturated rings. The zero-order valence-electron chi connectivity index (χ0n) is 16.7. The fourth-order valence-electron chi connectivity index (χ4n) is 3.26. The molecule has 0 aromatic carbocycles. The van der Waals surface area contributed by atoms with Crippen LogP contribution in [0.15, 0.2) is 24.5 Å². The average molecular weight is 371 g/mol. The molecule has 146 valence electrons. The molecule has 0 aliphatic carbocycles. The highest BCUT2D eigenvalue weighted by atomic mass is 16.5. The first-order valence-corrected chi connectivity index (χ1v) is 9.92. The van der Waals surface area contributed by atoms with Gasteiger partial charge in [-0.1, -0.05) is 27.7 Å². The van der Waals surface area contributed by atoms with Crippen LogP contribution in [0, 0.1) is 5.92 Å². The lowest BCUT2D eigenvalue weighted by molar-refractivity contribution is 0.0903. The first-order chi connectivity index (χ1) is 13.2. The van der Waals surface area contributed by atoms with Gasteiger partial charge in [0.15, 0.2) is 5.65 Å². The van der Waals surface area contributed by atoms with Gasteiger partial charge < -0.3 is 10.1 Å². The molecule has 7 heteroatoms. The maximum atomic E-state index is 5.40. The Hall–Kier alpha value is -2.41. The van der Waals surface area contributed by atoms with Crippen LogP contribution in [0.5, 0.6) is 0 Å². The van der Waals surface area contributed by atoms with E-state index >= 15 is 0 Å². The molecule has 1 saturated heterocycles. The van der Waals surface area contributed by atoms with Crippen molar-refractivity contribution in [2.75, 3.05) is 18.5 Å². The molecule has 0 saturated carbocycles. The van der Waals surface area contributed by atoms with Gasteiger partial charge in [-0.25, -0.2) is 4.52 Å². The number of rotatable bonds is 5. The standard InChI is InChI=1S/C18H24N6O.C2H6/c1-12(2)9-16-15(11-19-22-16)13-3-6-24-17(10-13)21-18(23-24)20-14-4-7-25-8-5-14;1-2/h3,6,10-12,14H,4-5,7-9H2,1-2H3,(H,19,22)(H,20,23);1-2H3. The fraction of sp³-hybridized carbons (Fsp3) is 0.550. The van der Waals surface area contributed by atoms with E-state index < -0.39 is 0 Å². The number of nitrogens with zero attached hydrogens (tertiary/aromatic N) is 4. The van der Waals surface area contributed by atoms with E-state index in [9.17, 15) is 0 Å². The number of aromatic amines is 1. The zero-order chi connectivity index (χ0) is 19.2. The number of fused-ring (bicyclic) bond motifs is 1. The van der Waals surface area contributed by atoms with Gasteiger partial charge in [0.05, 0.1) is 6.20 Å². The number of H-pyrrole nitrogens is 1. The van der Waals surface area contributed by atoms with E-state index in [1.807, 2.05) is 30.8 Å². The molecule has 0 atom stereocenters. The first kappa shape index (κ1) is 19.4. The molecule has 0 radical (unpaired) electrons. The SMILES string of the molecule is CC.CC(C)Cc1[nH]ncc1-c1ccn2nc(NC3CCOCC3)nc2c1. The van der Waals surface area contributed by atoms with Gasteiger partial charge in [0, 0.05) is 36.7 Å². The summed E-state index contributed by atoms with van der Waals surface area (Å²) in [7, 11) is 0. The first-order valence-electron chi connectivity index (χ1n) is 9.92. The number of ether oxygens (including phenoxy) is 1. The Kier molecular flexibility index (Phi) is 6.45. The van der Waals surface area contributed by atoms with Gasteiger partial charge in [-0.15, -0.1) is 5.10 Å². The lowest BCUT2D eigenvalue weighted by atomic mass is 10.0. The predicted molar refractivity (Wildman–Crippen MR) is 108 cm³/mol. The number of aromatic nitrogens is 5. The van der Waals surface area contributed by atoms with Gasteiger partial charge >= 0.3 is 0 Å². The minimum atomic E-state index is 0.386. The van der Waals surface area contributed by atoms with E-state index in [-0.39, 0.29) is 0 Å². The van der Waals surface area contributed by atoms with Crippen LogP contribution in [0.1, 0.15) is 46.2 Å². The number of pyridine rings is 1. The van der Waals surface area contributed by atoms with Crippen molar-refractivity contribution in [1.29, 1.82) is 0 Å². The molecule has 27 heavy (non-hydrogen) atoms. The molecule has 4 heterocycles. The highest BCUT2D eigenvalue weighted by Gasteiger charge is 2.16. The monoisotopic (exact) mass is 370 g/mol. The molecule has 1 aliphatic rings. The Morgan fingerprint density at radius 1 is 1.30 bits per heavy atom. The van der Waals surface area contributed by atoms with E-state index in [1.54, 1.807) is 0 Å². The van der Waals surface area contributed by atoms with Crippen LogP contribution >= 0.6 is 0 Å². The zero-order valence-corrected chi connectivity index (χ0v) is 16.7. The summed E-state index contributed by atoms with van der Waals surface area (Å²) in [4.78, 5) is 4.64. The number of hydrogen-bond donors (Lipinski definition) is 2. The largest absolute Gasteiger partial charge is 0.381 e. The molecule has 3 aromatic rings. The van der Waals surface area contributed by atoms with Gasteiger partial charge in [0.2, 0.25) is 5.95 Å². The Morgan fingerprint density at radius 3 is 2.81 bits per heavy atom. The second kappa shape index (κ2) is 8.99. The maximum absolute atomic E-state index is 5.40. The molecule has 1 aliphatic heterocycles. The molecule has 0 bridgehead atoms. The molecule has 0 spiro atoms. The summed E-state index contributed by atoms with van der Waals surface area (Å²) in [5.74, 6) is 1.25. The van der Waals surface area contributed by atoms with Crippen molar-refractivity contribution in [3.05, 3.63) is 30.2 Å². The summed E-state index contributed by atoms with van der Waals surface area (Å²) in [6, 6.07) is 4.52. The van der Waals surface area contributed by atoms with Crippen molar-refractivity contribution in [3.8, 4) is 11.1 Å². The summed E-state index contributed by atoms with van der Waals surface area (Å²) in [6.45, 7) is 10.0. The summed E-state index contributed by atoms with van der Waals surface area (Å²) in [5, 5.41) is 15.3. The number of anilines is 1. The molecule has 3 aromatic heterocycles. The molecule has 7 nitrogen and oxygen atoms in total. The Bertz CT molecular complexity index is 847. The Balaban J connectivity index is 0.00000102. The summed E-state index contributed by atoms with van der Waals surface area (Å²) < 4.78 is 7.21. The van der Waals surface area contributed by atoms with Crippen LogP contribution in [-0.4, -0.2) is 44.1 Å². The van der Waals surface area contributed by atoms with Crippen LogP contribution in [0.3, 0.4) is 0 Å². The van der Waals surface area contributed by atoms with Crippen LogP contribution in [0.2, 0.25) is 0 Å². The molecule has 2 N–H and O–H groups in total. The van der Waals surface area contributed by atoms with Gasteiger partial charge in [0.25, 0.3) is 0 Å². The van der Waals surface area contributed by atoms with Crippen LogP contribution in [0.4, 0.5) is 5.95 Å². The molecule has 0 unspecified atom stereocenters. The molecular formula is C20H30N6O. The van der Waals surface area contributed by atoms with Crippen LogP contribution in [-0.2, 0) is 11.2 Å². The Labute approximate surface area is 160 Å². The predicted octanol–water partition coefficient (Wildman–Crippen LogP) is 3.94. The summed E-state index contributed by atoms with van der Waals surface area (Å²) >= 11 is 0. The second-order valence-electron chi connectivity index (χ2n) is 7.04. The van der Waals surface area contributed by atoms with Gasteiger partial charge in [-0.05, 0) is 42.9 Å². The third-order valence-corrected chi connectivity index (χ3v) is 4.53. The smallest absolute Gasteiger partial charge is 0.243 e. The van der Waals surface area contributed by atoms with Gasteiger partial charge in [-0.3, -0.25) is 5.10 Å². The van der Waals surface area contributed by atoms with Crippen molar-refractivity contribution < 1.29 is 4.74 Å². The van der Waals surface area contributed by atoms with Crippen molar-refractivity contribution in [1.82, 2.24) is 24.8 Å². The average Bonchev–Trinajstić information content (AvgIpc) is 3.29. The maximum Gasteiger partial charge on any atom is 0.243 e. The topological polar surface area (TPSA) is 80.1 Å². The quantitative estimate of drug-likeness (QED) is 0.711. The summed E-state index contributed by atoms with van der Waals surface area (Å²) in [6.07, 6.45) is 6.81. The highest BCUT2D eigenvalue weighted by Crippen LogP contribution is 2.25. The third-order valence-electron chi connectivity index (χ3n) is 4.53. The van der Waals surface area contributed by atoms with Crippen molar-refractivity contribution in [2.24, 2.45) is 5.92 Å². The fourth-order valence-corrected chi connectivity index (χ4v) is 3.26. The minimum absolute atomic E-state index is 0.386. The lowest BCUT2D eigenvalue weighted by Crippen LogP contribution is -2.28. The van der Waals surface area contributed by atoms with Crippen LogP contribution < -0.4 is 5.32 Å². The van der Waals surface area contributed by atoms with E-state index in [0.29, 0.717) is 17.9 Å². The second-order valence-corrected chi connectivity index (χ2v) is 7.04. The normalized spacial score (nSPS) is 15.0. The molecule has 0 amide bonds. The van der Waals surface area contributed by atoms with Crippen molar-refractivity contribution >= 4 is 11.6 Å². The van der Waals surface area contributed by atoms with Gasteiger partial charge in [0.1, 0.15) is 0 Å². The third kappa shape index (κ3) is 4.66. The van der Waals surface area contributed by atoms with Crippen molar-refractivity contribution in [2.45, 2.75) is 53.0 Å². The molecular weight excluding hydrogens is 340 g/mol. The van der Waals surface area contributed by atoms with E-state index in [4.69, 9.17) is 4.74 Å². The van der Waals surface area contributed by atoms with E-state index in [0.717, 1.165) is 49.3 Å². The van der Waals surface area contributed by atoms with Crippen molar-refractivity contribution in [3.63, 3.8) is 0 Å². The highest BCUT2D eigenvalue weighted by molar-refractivity contribution is 5.69. The minimum Gasteiger partial charge on any atom is -0.381 e. The van der Waals surface area contributed by atoms with Gasteiger partial charge in [-0.2, -0.15) is 10.1 Å². The number of nitrogens with one attached hydrogen (secondary N) is 2. The lowest BCUT2D eigenvalue weighted by Gasteiger charge is -2.22. The number of hydrogen-bond acceptors (Lipinski definition) is 5. The Morgan fingerprint density at radius 2 is 2.07 bits per heavy atom. The molecule has 4 rings (SSSR count). The van der Waals surface area contributed by atoms with E-state index in [1.165, 1.54) is 5.69 Å².